The van der Waals surface area contributed by atoms with Gasteiger partial charge in [-0.2, -0.15) is 4.31 Å². The van der Waals surface area contributed by atoms with Crippen molar-refractivity contribution in [1.29, 1.82) is 0 Å². The Hall–Kier alpha value is -1.44. The summed E-state index contributed by atoms with van der Waals surface area (Å²) in [6.07, 6.45) is 0.976. The summed E-state index contributed by atoms with van der Waals surface area (Å²) in [6, 6.07) is 7.29. The predicted molar refractivity (Wildman–Crippen MR) is 78.2 cm³/mol. The van der Waals surface area contributed by atoms with E-state index in [1.165, 1.54) is 4.31 Å². The highest BCUT2D eigenvalue weighted by molar-refractivity contribution is 7.89. The Morgan fingerprint density at radius 3 is 2.62 bits per heavy atom. The number of para-hydroxylation sites is 1. The first-order valence-electron chi connectivity index (χ1n) is 7.02. The van der Waals surface area contributed by atoms with E-state index < -0.39 is 15.3 Å². The number of amides is 1. The Morgan fingerprint density at radius 1 is 1.14 bits per heavy atom. The molecule has 21 heavy (non-hydrogen) atoms. The zero-order valence-electron chi connectivity index (χ0n) is 11.6. The molecule has 0 spiro atoms. The Labute approximate surface area is 124 Å². The van der Waals surface area contributed by atoms with Crippen molar-refractivity contribution in [3.8, 4) is 0 Å². The Balaban J connectivity index is 1.89. The first-order chi connectivity index (χ1) is 10.1. The zero-order chi connectivity index (χ0) is 14.9. The van der Waals surface area contributed by atoms with Crippen LogP contribution in [0.2, 0.25) is 0 Å². The Bertz CT molecular complexity index is 638. The lowest BCUT2D eigenvalue weighted by Crippen LogP contribution is -2.43. The van der Waals surface area contributed by atoms with Gasteiger partial charge in [-0.1, -0.05) is 18.2 Å². The molecule has 0 aliphatic carbocycles. The highest BCUT2D eigenvalue weighted by atomic mass is 32.2. The third-order valence-corrected chi connectivity index (χ3v) is 6.20. The second-order valence-corrected chi connectivity index (χ2v) is 7.54. The van der Waals surface area contributed by atoms with Crippen LogP contribution in [0.4, 0.5) is 5.69 Å². The van der Waals surface area contributed by atoms with E-state index in [1.54, 1.807) is 6.07 Å². The molecule has 6 nitrogen and oxygen atoms in total. The third-order valence-electron chi connectivity index (χ3n) is 3.91. The lowest BCUT2D eigenvalue weighted by Gasteiger charge is -2.28. The average molecular weight is 310 g/mol. The summed E-state index contributed by atoms with van der Waals surface area (Å²) in [5, 5.41) is 2.30. The molecule has 0 bridgehead atoms. The van der Waals surface area contributed by atoms with Crippen LogP contribution in [-0.2, 0) is 26.1 Å². The standard InChI is InChI=1S/C14H18N2O4S/c17-14-10-16(9-11-3-1-2-4-13(11)15-14)21(18,19)12-5-7-20-8-6-12/h1-4,12H,5-10H2,(H,15,17). The van der Waals surface area contributed by atoms with Gasteiger partial charge in [0.1, 0.15) is 0 Å². The van der Waals surface area contributed by atoms with E-state index in [0.717, 1.165) is 5.56 Å². The summed E-state index contributed by atoms with van der Waals surface area (Å²) in [6.45, 7) is 1.02. The number of hydrogen-bond acceptors (Lipinski definition) is 4. The van der Waals surface area contributed by atoms with E-state index in [0.29, 0.717) is 31.7 Å². The lowest BCUT2D eigenvalue weighted by molar-refractivity contribution is -0.116. The number of sulfonamides is 1. The monoisotopic (exact) mass is 310 g/mol. The molecule has 0 radical (unpaired) electrons. The summed E-state index contributed by atoms with van der Waals surface area (Å²) in [5.74, 6) is -0.296. The van der Waals surface area contributed by atoms with Gasteiger partial charge in [0.15, 0.2) is 0 Å². The molecule has 1 N–H and O–H groups in total. The first kappa shape index (κ1) is 14.5. The lowest BCUT2D eigenvalue weighted by atomic mass is 10.2. The zero-order valence-corrected chi connectivity index (χ0v) is 12.4. The van der Waals surface area contributed by atoms with E-state index in [-0.39, 0.29) is 19.0 Å². The van der Waals surface area contributed by atoms with Crippen LogP contribution in [0.15, 0.2) is 24.3 Å². The molecule has 0 unspecified atom stereocenters. The normalized spacial score (nSPS) is 21.4. The second kappa shape index (κ2) is 5.75. The Kier molecular flexibility index (Phi) is 3.97. The van der Waals surface area contributed by atoms with Gasteiger partial charge in [-0.25, -0.2) is 8.42 Å². The SMILES string of the molecule is O=C1CN(S(=O)(=O)C2CCOCC2)Cc2ccccc2N1. The minimum absolute atomic E-state index is 0.131. The number of rotatable bonds is 2. The second-order valence-electron chi connectivity index (χ2n) is 5.33. The number of carbonyl (C=O) groups excluding carboxylic acids is 1. The van der Waals surface area contributed by atoms with Crippen molar-refractivity contribution in [3.63, 3.8) is 0 Å². The molecule has 0 atom stereocenters. The molecule has 2 aliphatic rings. The van der Waals surface area contributed by atoms with Crippen LogP contribution in [0.25, 0.3) is 0 Å². The number of nitrogens with zero attached hydrogens (tertiary/aromatic N) is 1. The van der Waals surface area contributed by atoms with Crippen LogP contribution in [0.1, 0.15) is 18.4 Å². The number of nitrogens with one attached hydrogen (secondary N) is 1. The van der Waals surface area contributed by atoms with Crippen LogP contribution < -0.4 is 5.32 Å². The maximum atomic E-state index is 12.7. The molecule has 0 aromatic heterocycles. The van der Waals surface area contributed by atoms with Crippen molar-refractivity contribution in [2.45, 2.75) is 24.6 Å². The van der Waals surface area contributed by atoms with Gasteiger partial charge in [0.05, 0.1) is 11.8 Å². The molecule has 2 heterocycles. The molecule has 7 heteroatoms. The van der Waals surface area contributed by atoms with Crippen LogP contribution in [-0.4, -0.2) is 43.6 Å². The fraction of sp³-hybridized carbons (Fsp3) is 0.500. The molecule has 1 fully saturated rings. The molecule has 1 saturated heterocycles. The van der Waals surface area contributed by atoms with Gasteiger partial charge in [0.2, 0.25) is 15.9 Å². The largest absolute Gasteiger partial charge is 0.381 e. The number of benzene rings is 1. The smallest absolute Gasteiger partial charge is 0.239 e. The highest BCUT2D eigenvalue weighted by Gasteiger charge is 2.35. The molecule has 0 saturated carbocycles. The van der Waals surface area contributed by atoms with E-state index in [9.17, 15) is 13.2 Å². The molecule has 114 valence electrons. The van der Waals surface area contributed by atoms with Gasteiger partial charge in [-0.05, 0) is 24.5 Å². The van der Waals surface area contributed by atoms with Gasteiger partial charge < -0.3 is 10.1 Å². The van der Waals surface area contributed by atoms with Gasteiger partial charge in [-0.15, -0.1) is 0 Å². The van der Waals surface area contributed by atoms with Crippen molar-refractivity contribution in [3.05, 3.63) is 29.8 Å². The predicted octanol–water partition coefficient (Wildman–Crippen LogP) is 0.949. The summed E-state index contributed by atoms with van der Waals surface area (Å²) >= 11 is 0. The Morgan fingerprint density at radius 2 is 1.86 bits per heavy atom. The fourth-order valence-corrected chi connectivity index (χ4v) is 4.57. The minimum Gasteiger partial charge on any atom is -0.381 e. The topological polar surface area (TPSA) is 75.7 Å². The fourth-order valence-electron chi connectivity index (χ4n) is 2.74. The van der Waals surface area contributed by atoms with Crippen molar-refractivity contribution in [2.75, 3.05) is 25.1 Å². The van der Waals surface area contributed by atoms with Crippen LogP contribution in [0.5, 0.6) is 0 Å². The maximum Gasteiger partial charge on any atom is 0.239 e. The number of carbonyl (C=O) groups is 1. The molecule has 2 aliphatic heterocycles. The van der Waals surface area contributed by atoms with Crippen molar-refractivity contribution in [2.24, 2.45) is 0 Å². The molecule has 1 aromatic rings. The maximum absolute atomic E-state index is 12.7. The van der Waals surface area contributed by atoms with E-state index >= 15 is 0 Å². The average Bonchev–Trinajstić information content (AvgIpc) is 2.66. The molecular weight excluding hydrogens is 292 g/mol. The molecule has 1 amide bonds. The van der Waals surface area contributed by atoms with Gasteiger partial charge >= 0.3 is 0 Å². The molecular formula is C14H18N2O4S. The van der Waals surface area contributed by atoms with Crippen molar-refractivity contribution < 1.29 is 17.9 Å². The number of ether oxygens (including phenoxy) is 1. The van der Waals surface area contributed by atoms with Gasteiger partial charge in [-0.3, -0.25) is 4.79 Å². The minimum atomic E-state index is -3.49. The summed E-state index contributed by atoms with van der Waals surface area (Å²) < 4.78 is 32.0. The van der Waals surface area contributed by atoms with Crippen molar-refractivity contribution >= 4 is 21.6 Å². The van der Waals surface area contributed by atoms with Crippen LogP contribution in [0, 0.1) is 0 Å². The number of anilines is 1. The van der Waals surface area contributed by atoms with Gasteiger partial charge in [0.25, 0.3) is 0 Å². The summed E-state index contributed by atoms with van der Waals surface area (Å²) in [5.41, 5.74) is 1.51. The van der Waals surface area contributed by atoms with Crippen molar-refractivity contribution in [1.82, 2.24) is 4.31 Å². The molecule has 3 rings (SSSR count). The molecule has 1 aromatic carbocycles. The number of fused-ring (bicyclic) bond motifs is 1. The van der Waals surface area contributed by atoms with E-state index in [4.69, 9.17) is 4.74 Å². The highest BCUT2D eigenvalue weighted by Crippen LogP contribution is 2.26. The van der Waals surface area contributed by atoms with Crippen LogP contribution >= 0.6 is 0 Å². The van der Waals surface area contributed by atoms with Crippen LogP contribution in [0.3, 0.4) is 0 Å². The summed E-state index contributed by atoms with van der Waals surface area (Å²) in [7, 11) is -3.49. The van der Waals surface area contributed by atoms with E-state index in [1.807, 2.05) is 18.2 Å². The quantitative estimate of drug-likeness (QED) is 0.882. The third kappa shape index (κ3) is 2.95. The summed E-state index contributed by atoms with van der Waals surface area (Å²) in [4.78, 5) is 11.9. The van der Waals surface area contributed by atoms with Gasteiger partial charge in [0, 0.05) is 25.4 Å². The van der Waals surface area contributed by atoms with E-state index in [2.05, 4.69) is 5.32 Å². The first-order valence-corrected chi connectivity index (χ1v) is 8.52. The number of hydrogen-bond donors (Lipinski definition) is 1.